The number of nitrogens with zero attached hydrogens (tertiary/aromatic N) is 3. The van der Waals surface area contributed by atoms with E-state index in [0.29, 0.717) is 5.82 Å². The zero-order valence-corrected chi connectivity index (χ0v) is 32.0. The summed E-state index contributed by atoms with van der Waals surface area (Å²) in [4.78, 5) is 15.6. The minimum absolute atomic E-state index is 0.669. The molecule has 0 amide bonds. The minimum atomic E-state index is 0.669. The van der Waals surface area contributed by atoms with E-state index < -0.39 is 0 Å². The molecule has 59 heavy (non-hydrogen) atoms. The summed E-state index contributed by atoms with van der Waals surface area (Å²) in [5.74, 6) is 0.669. The van der Waals surface area contributed by atoms with E-state index >= 15 is 0 Å². The van der Waals surface area contributed by atoms with E-state index in [1.54, 1.807) is 0 Å². The van der Waals surface area contributed by atoms with E-state index in [1.807, 2.05) is 30.3 Å². The van der Waals surface area contributed by atoms with E-state index in [2.05, 4.69) is 182 Å². The van der Waals surface area contributed by atoms with Crippen molar-refractivity contribution in [1.29, 1.82) is 0 Å². The predicted octanol–water partition coefficient (Wildman–Crippen LogP) is 14.6. The van der Waals surface area contributed by atoms with Crippen LogP contribution in [0.1, 0.15) is 0 Å². The highest BCUT2D eigenvalue weighted by atomic mass is 16.3. The van der Waals surface area contributed by atoms with Gasteiger partial charge in [0.2, 0.25) is 0 Å². The summed E-state index contributed by atoms with van der Waals surface area (Å²) in [6.07, 6.45) is 0. The van der Waals surface area contributed by atoms with Gasteiger partial charge in [0.25, 0.3) is 0 Å². The molecule has 3 heterocycles. The van der Waals surface area contributed by atoms with Crippen molar-refractivity contribution in [1.82, 2.24) is 15.0 Å². The molecule has 8 aromatic carbocycles. The number of fused-ring (bicyclic) bond motifs is 5. The molecule has 0 N–H and O–H groups in total. The third kappa shape index (κ3) is 6.43. The van der Waals surface area contributed by atoms with Crippen LogP contribution in [0.5, 0.6) is 0 Å². The zero-order chi connectivity index (χ0) is 39.1. The number of furan rings is 1. The first-order chi connectivity index (χ1) is 29.2. The van der Waals surface area contributed by atoms with Crippen LogP contribution < -0.4 is 0 Å². The molecular formula is C55H35N3O. The third-order valence-corrected chi connectivity index (χ3v) is 11.1. The van der Waals surface area contributed by atoms with E-state index in [0.717, 1.165) is 94.4 Å². The highest BCUT2D eigenvalue weighted by Crippen LogP contribution is 2.41. The van der Waals surface area contributed by atoms with Gasteiger partial charge in [-0.1, -0.05) is 194 Å². The van der Waals surface area contributed by atoms with Crippen molar-refractivity contribution in [3.8, 4) is 78.5 Å². The van der Waals surface area contributed by atoms with E-state index in [9.17, 15) is 0 Å². The summed E-state index contributed by atoms with van der Waals surface area (Å²) in [5, 5.41) is 3.22. The fraction of sp³-hybridized carbons (Fsp3) is 0. The lowest BCUT2D eigenvalue weighted by Crippen LogP contribution is -1.96. The Bertz CT molecular complexity index is 3170. The Kier molecular flexibility index (Phi) is 8.45. The Morgan fingerprint density at radius 3 is 1.32 bits per heavy atom. The van der Waals surface area contributed by atoms with Gasteiger partial charge >= 0.3 is 0 Å². The molecule has 0 radical (unpaired) electrons. The van der Waals surface area contributed by atoms with Crippen LogP contribution in [0.15, 0.2) is 217 Å². The van der Waals surface area contributed by atoms with Crippen molar-refractivity contribution >= 4 is 32.8 Å². The molecule has 0 spiro atoms. The minimum Gasteiger partial charge on any atom is -0.454 e. The zero-order valence-electron chi connectivity index (χ0n) is 32.0. The smallest absolute Gasteiger partial charge is 0.162 e. The molecule has 11 rings (SSSR count). The summed E-state index contributed by atoms with van der Waals surface area (Å²) >= 11 is 0. The Balaban J connectivity index is 1.02. The summed E-state index contributed by atoms with van der Waals surface area (Å²) in [6.45, 7) is 0. The van der Waals surface area contributed by atoms with E-state index in [4.69, 9.17) is 19.4 Å². The molecule has 0 unspecified atom stereocenters. The van der Waals surface area contributed by atoms with E-state index in [1.165, 1.54) is 11.1 Å². The second kappa shape index (κ2) is 14.5. The van der Waals surface area contributed by atoms with Gasteiger partial charge in [-0.3, -0.25) is 0 Å². The molecule has 0 saturated heterocycles. The van der Waals surface area contributed by atoms with Crippen molar-refractivity contribution in [3.05, 3.63) is 212 Å². The molecule has 276 valence electrons. The first-order valence-corrected chi connectivity index (χ1v) is 19.8. The van der Waals surface area contributed by atoms with Crippen LogP contribution >= 0.6 is 0 Å². The Hall–Kier alpha value is -7.95. The highest BCUT2D eigenvalue weighted by molar-refractivity contribution is 6.21. The molecule has 4 heteroatoms. The summed E-state index contributed by atoms with van der Waals surface area (Å²) in [5.41, 5.74) is 15.9. The van der Waals surface area contributed by atoms with Gasteiger partial charge in [0, 0.05) is 38.4 Å². The topological polar surface area (TPSA) is 51.8 Å². The van der Waals surface area contributed by atoms with Crippen LogP contribution in [0.3, 0.4) is 0 Å². The van der Waals surface area contributed by atoms with Crippen LogP contribution in [0.25, 0.3) is 111 Å². The van der Waals surface area contributed by atoms with Gasteiger partial charge in [-0.15, -0.1) is 0 Å². The lowest BCUT2D eigenvalue weighted by atomic mass is 9.98. The molecule has 0 atom stereocenters. The van der Waals surface area contributed by atoms with Crippen molar-refractivity contribution in [2.45, 2.75) is 0 Å². The second-order valence-corrected chi connectivity index (χ2v) is 14.8. The standard InChI is InChI=1S/C55H35N3O/c1-4-12-36(13-5-1)39-20-24-41(25-21-39)48-35-49(58-55(57-48)44-30-22-40(23-31-44)37-14-6-2-7-15-37)42-26-28-43(29-27-42)53-54-52(47-18-10-11-19-51(47)59-54)46-33-32-45(34-50(46)56-53)38-16-8-3-9-17-38/h1-35H. The quantitative estimate of drug-likeness (QED) is 0.163. The van der Waals surface area contributed by atoms with Crippen LogP contribution in [0.4, 0.5) is 0 Å². The molecular weight excluding hydrogens is 719 g/mol. The molecule has 0 aliphatic carbocycles. The molecule has 0 aliphatic rings. The van der Waals surface area contributed by atoms with Gasteiger partial charge in [-0.05, 0) is 51.6 Å². The van der Waals surface area contributed by atoms with Crippen molar-refractivity contribution < 1.29 is 4.42 Å². The number of hydrogen-bond donors (Lipinski definition) is 0. The van der Waals surface area contributed by atoms with Crippen LogP contribution in [-0.2, 0) is 0 Å². The molecule has 0 aliphatic heterocycles. The lowest BCUT2D eigenvalue weighted by molar-refractivity contribution is 0.669. The fourth-order valence-corrected chi connectivity index (χ4v) is 8.07. The number of para-hydroxylation sites is 1. The Morgan fingerprint density at radius 2 is 0.746 bits per heavy atom. The number of hydrogen-bond acceptors (Lipinski definition) is 4. The maximum absolute atomic E-state index is 6.60. The third-order valence-electron chi connectivity index (χ3n) is 11.1. The monoisotopic (exact) mass is 753 g/mol. The summed E-state index contributed by atoms with van der Waals surface area (Å²) < 4.78 is 6.60. The average molecular weight is 754 g/mol. The fourth-order valence-electron chi connectivity index (χ4n) is 8.07. The Labute approximate surface area is 341 Å². The number of pyridine rings is 1. The SMILES string of the molecule is c1ccc(-c2ccc(-c3cc(-c4ccc(-c5nc6cc(-c7ccccc7)ccc6c6c5oc5ccccc56)cc4)nc(-c4ccc(-c5ccccc5)cc4)n3)cc2)cc1. The van der Waals surface area contributed by atoms with Gasteiger partial charge in [0.05, 0.1) is 16.9 Å². The molecule has 0 fully saturated rings. The molecule has 4 nitrogen and oxygen atoms in total. The van der Waals surface area contributed by atoms with Crippen LogP contribution in [0, 0.1) is 0 Å². The maximum Gasteiger partial charge on any atom is 0.162 e. The predicted molar refractivity (Wildman–Crippen MR) is 243 cm³/mol. The van der Waals surface area contributed by atoms with Crippen LogP contribution in [-0.4, -0.2) is 15.0 Å². The van der Waals surface area contributed by atoms with Gasteiger partial charge in [-0.25, -0.2) is 15.0 Å². The first-order valence-electron chi connectivity index (χ1n) is 19.8. The van der Waals surface area contributed by atoms with Crippen molar-refractivity contribution in [2.24, 2.45) is 0 Å². The molecule has 11 aromatic rings. The van der Waals surface area contributed by atoms with E-state index in [-0.39, 0.29) is 0 Å². The average Bonchev–Trinajstić information content (AvgIpc) is 3.72. The molecule has 3 aromatic heterocycles. The Morgan fingerprint density at radius 1 is 0.305 bits per heavy atom. The van der Waals surface area contributed by atoms with Gasteiger partial charge in [0.1, 0.15) is 11.3 Å². The molecule has 0 bridgehead atoms. The van der Waals surface area contributed by atoms with Crippen LogP contribution in [0.2, 0.25) is 0 Å². The summed E-state index contributed by atoms with van der Waals surface area (Å²) in [6, 6.07) is 73.8. The second-order valence-electron chi connectivity index (χ2n) is 14.8. The molecule has 0 saturated carbocycles. The first kappa shape index (κ1) is 34.3. The lowest BCUT2D eigenvalue weighted by Gasteiger charge is -2.12. The number of rotatable bonds is 7. The normalized spacial score (nSPS) is 11.4. The van der Waals surface area contributed by atoms with Gasteiger partial charge < -0.3 is 4.42 Å². The number of aromatic nitrogens is 3. The summed E-state index contributed by atoms with van der Waals surface area (Å²) in [7, 11) is 0. The highest BCUT2D eigenvalue weighted by Gasteiger charge is 2.19. The maximum atomic E-state index is 6.60. The van der Waals surface area contributed by atoms with Gasteiger partial charge in [-0.2, -0.15) is 0 Å². The number of benzene rings is 8. The largest absolute Gasteiger partial charge is 0.454 e. The van der Waals surface area contributed by atoms with Crippen molar-refractivity contribution in [2.75, 3.05) is 0 Å². The van der Waals surface area contributed by atoms with Crippen molar-refractivity contribution in [3.63, 3.8) is 0 Å². The van der Waals surface area contributed by atoms with Gasteiger partial charge in [0.15, 0.2) is 11.4 Å².